The number of aromatic nitrogens is 2. The van der Waals surface area contributed by atoms with Crippen LogP contribution in [0.25, 0.3) is 0 Å². The molecule has 0 amide bonds. The average Bonchev–Trinajstić information content (AvgIpc) is 2.38. The van der Waals surface area contributed by atoms with Crippen LogP contribution in [0.15, 0.2) is 11.2 Å². The molecule has 1 fully saturated rings. The van der Waals surface area contributed by atoms with Gasteiger partial charge in [0.1, 0.15) is 5.82 Å². The van der Waals surface area contributed by atoms with Gasteiger partial charge in [0.05, 0.1) is 5.69 Å². The van der Waals surface area contributed by atoms with Crippen LogP contribution in [-0.4, -0.2) is 40.8 Å². The second-order valence-corrected chi connectivity index (χ2v) is 7.45. The average molecular weight is 283 g/mol. The Bertz CT molecular complexity index is 409. The summed E-state index contributed by atoms with van der Waals surface area (Å²) in [5.41, 5.74) is 1.21. The predicted molar refractivity (Wildman–Crippen MR) is 82.1 cm³/mol. The lowest BCUT2D eigenvalue weighted by Gasteiger charge is -2.29. The molecule has 0 radical (unpaired) electrons. The fourth-order valence-electron chi connectivity index (χ4n) is 1.84. The quantitative estimate of drug-likeness (QED) is 0.614. The highest BCUT2D eigenvalue weighted by Crippen LogP contribution is 2.27. The SMILES string of the molecule is CSc1nc(N2CCSCC2)cc(C(C)(C)C)n1. The summed E-state index contributed by atoms with van der Waals surface area (Å²) in [6.45, 7) is 8.80. The Hall–Kier alpha value is -0.420. The van der Waals surface area contributed by atoms with Gasteiger partial charge in [-0.05, 0) is 6.26 Å². The van der Waals surface area contributed by atoms with Crippen LogP contribution in [-0.2, 0) is 5.41 Å². The molecule has 0 unspecified atom stereocenters. The predicted octanol–water partition coefficient (Wildman–Crippen LogP) is 3.05. The third kappa shape index (κ3) is 3.32. The topological polar surface area (TPSA) is 29.0 Å². The van der Waals surface area contributed by atoms with Gasteiger partial charge in [0.2, 0.25) is 0 Å². The first kappa shape index (κ1) is 14.0. The summed E-state index contributed by atoms with van der Waals surface area (Å²) in [5.74, 6) is 3.49. The number of rotatable bonds is 2. The summed E-state index contributed by atoms with van der Waals surface area (Å²) >= 11 is 3.65. The van der Waals surface area contributed by atoms with Crippen molar-refractivity contribution in [2.45, 2.75) is 31.3 Å². The number of nitrogens with zero attached hydrogens (tertiary/aromatic N) is 3. The van der Waals surface area contributed by atoms with Crippen molar-refractivity contribution in [3.8, 4) is 0 Å². The molecule has 0 bridgehead atoms. The van der Waals surface area contributed by atoms with Gasteiger partial charge < -0.3 is 4.90 Å². The van der Waals surface area contributed by atoms with Crippen LogP contribution in [0.3, 0.4) is 0 Å². The molecule has 0 aliphatic carbocycles. The zero-order valence-electron chi connectivity index (χ0n) is 11.6. The molecule has 2 rings (SSSR count). The Morgan fingerprint density at radius 1 is 1.22 bits per heavy atom. The summed E-state index contributed by atoms with van der Waals surface area (Å²) in [5, 5.41) is 0.885. The van der Waals surface area contributed by atoms with E-state index in [1.54, 1.807) is 11.8 Å². The van der Waals surface area contributed by atoms with Crippen LogP contribution < -0.4 is 4.90 Å². The molecule has 5 heteroatoms. The van der Waals surface area contributed by atoms with Gasteiger partial charge in [0.25, 0.3) is 0 Å². The van der Waals surface area contributed by atoms with E-state index in [0.29, 0.717) is 0 Å². The van der Waals surface area contributed by atoms with Crippen molar-refractivity contribution in [1.29, 1.82) is 0 Å². The molecular formula is C13H21N3S2. The first-order valence-electron chi connectivity index (χ1n) is 6.27. The van der Waals surface area contributed by atoms with Crippen molar-refractivity contribution in [2.75, 3.05) is 35.8 Å². The standard InChI is InChI=1S/C13H21N3S2/c1-13(2,3)10-9-11(15-12(14-10)17-4)16-5-7-18-8-6-16/h9H,5-8H2,1-4H3. The van der Waals surface area contributed by atoms with Gasteiger partial charge in [-0.1, -0.05) is 32.5 Å². The van der Waals surface area contributed by atoms with Gasteiger partial charge in [-0.3, -0.25) is 0 Å². The molecule has 2 heterocycles. The molecule has 0 aromatic carbocycles. The van der Waals surface area contributed by atoms with E-state index in [-0.39, 0.29) is 5.41 Å². The fraction of sp³-hybridized carbons (Fsp3) is 0.692. The Morgan fingerprint density at radius 2 is 1.89 bits per heavy atom. The third-order valence-corrected chi connectivity index (χ3v) is 4.47. The monoisotopic (exact) mass is 283 g/mol. The van der Waals surface area contributed by atoms with Gasteiger partial charge in [-0.15, -0.1) is 0 Å². The highest BCUT2D eigenvalue weighted by molar-refractivity contribution is 7.99. The second kappa shape index (κ2) is 5.70. The van der Waals surface area contributed by atoms with Gasteiger partial charge >= 0.3 is 0 Å². The van der Waals surface area contributed by atoms with Gasteiger partial charge in [-0.2, -0.15) is 11.8 Å². The van der Waals surface area contributed by atoms with Crippen LogP contribution in [0.5, 0.6) is 0 Å². The van der Waals surface area contributed by atoms with E-state index in [9.17, 15) is 0 Å². The van der Waals surface area contributed by atoms with E-state index in [0.717, 1.165) is 29.8 Å². The maximum Gasteiger partial charge on any atom is 0.189 e. The molecular weight excluding hydrogens is 262 g/mol. The van der Waals surface area contributed by atoms with Crippen molar-refractivity contribution in [2.24, 2.45) is 0 Å². The van der Waals surface area contributed by atoms with Crippen molar-refractivity contribution in [3.63, 3.8) is 0 Å². The van der Waals surface area contributed by atoms with Crippen LogP contribution in [0, 0.1) is 0 Å². The number of hydrogen-bond acceptors (Lipinski definition) is 5. The number of hydrogen-bond donors (Lipinski definition) is 0. The van der Waals surface area contributed by atoms with Crippen LogP contribution in [0.2, 0.25) is 0 Å². The highest BCUT2D eigenvalue weighted by atomic mass is 32.2. The number of thioether (sulfide) groups is 2. The second-order valence-electron chi connectivity index (χ2n) is 5.45. The minimum Gasteiger partial charge on any atom is -0.355 e. The Balaban J connectivity index is 2.34. The highest BCUT2D eigenvalue weighted by Gasteiger charge is 2.20. The summed E-state index contributed by atoms with van der Waals surface area (Å²) in [6, 6.07) is 2.16. The van der Waals surface area contributed by atoms with E-state index in [1.165, 1.54) is 11.5 Å². The molecule has 1 aliphatic heterocycles. The summed E-state index contributed by atoms with van der Waals surface area (Å²) in [6.07, 6.45) is 2.04. The lowest BCUT2D eigenvalue weighted by Crippen LogP contribution is -2.33. The largest absolute Gasteiger partial charge is 0.355 e. The molecule has 18 heavy (non-hydrogen) atoms. The Morgan fingerprint density at radius 3 is 2.44 bits per heavy atom. The summed E-state index contributed by atoms with van der Waals surface area (Å²) in [4.78, 5) is 11.7. The lowest BCUT2D eigenvalue weighted by molar-refractivity contribution is 0.557. The molecule has 100 valence electrons. The van der Waals surface area contributed by atoms with E-state index >= 15 is 0 Å². The molecule has 1 aromatic heterocycles. The normalized spacial score (nSPS) is 17.0. The van der Waals surface area contributed by atoms with Crippen LogP contribution in [0.1, 0.15) is 26.5 Å². The van der Waals surface area contributed by atoms with Crippen molar-refractivity contribution in [3.05, 3.63) is 11.8 Å². The van der Waals surface area contributed by atoms with E-state index in [1.807, 2.05) is 18.0 Å². The molecule has 1 aliphatic rings. The fourth-order valence-corrected chi connectivity index (χ4v) is 3.12. The maximum absolute atomic E-state index is 4.66. The van der Waals surface area contributed by atoms with E-state index in [2.05, 4.69) is 41.7 Å². The summed E-state index contributed by atoms with van der Waals surface area (Å²) in [7, 11) is 0. The molecule has 0 N–H and O–H groups in total. The zero-order chi connectivity index (χ0) is 13.2. The molecule has 0 spiro atoms. The first-order chi connectivity index (χ1) is 8.50. The minimum absolute atomic E-state index is 0.0761. The van der Waals surface area contributed by atoms with E-state index < -0.39 is 0 Å². The van der Waals surface area contributed by atoms with Gasteiger partial charge in [0, 0.05) is 36.1 Å². The summed E-state index contributed by atoms with van der Waals surface area (Å²) < 4.78 is 0. The Labute approximate surface area is 118 Å². The Kier molecular flexibility index (Phi) is 4.43. The number of anilines is 1. The zero-order valence-corrected chi connectivity index (χ0v) is 13.2. The molecule has 3 nitrogen and oxygen atoms in total. The van der Waals surface area contributed by atoms with Crippen LogP contribution in [0.4, 0.5) is 5.82 Å². The third-order valence-electron chi connectivity index (χ3n) is 2.98. The van der Waals surface area contributed by atoms with Crippen molar-refractivity contribution < 1.29 is 0 Å². The first-order valence-corrected chi connectivity index (χ1v) is 8.65. The minimum atomic E-state index is 0.0761. The smallest absolute Gasteiger partial charge is 0.189 e. The van der Waals surface area contributed by atoms with Crippen molar-refractivity contribution in [1.82, 2.24) is 9.97 Å². The molecule has 1 aromatic rings. The molecule has 0 atom stereocenters. The lowest BCUT2D eigenvalue weighted by atomic mass is 9.92. The molecule has 1 saturated heterocycles. The maximum atomic E-state index is 4.66. The van der Waals surface area contributed by atoms with Crippen LogP contribution >= 0.6 is 23.5 Å². The van der Waals surface area contributed by atoms with Gasteiger partial charge in [0.15, 0.2) is 5.16 Å². The van der Waals surface area contributed by atoms with Gasteiger partial charge in [-0.25, -0.2) is 9.97 Å². The molecule has 0 saturated carbocycles. The van der Waals surface area contributed by atoms with E-state index in [4.69, 9.17) is 0 Å². The van der Waals surface area contributed by atoms with Crippen molar-refractivity contribution >= 4 is 29.3 Å².